The Balaban J connectivity index is 0.000000325. The molecule has 0 radical (unpaired) electrons. The van der Waals surface area contributed by atoms with Crippen molar-refractivity contribution in [3.63, 3.8) is 0 Å². The third-order valence-corrected chi connectivity index (χ3v) is 8.67. The van der Waals surface area contributed by atoms with Crippen molar-refractivity contribution >= 4 is 45.8 Å². The van der Waals surface area contributed by atoms with Crippen LogP contribution < -0.4 is 10.6 Å². The van der Waals surface area contributed by atoms with Gasteiger partial charge in [-0.05, 0) is 79.2 Å². The normalized spacial score (nSPS) is 14.6. The van der Waals surface area contributed by atoms with Gasteiger partial charge in [-0.15, -0.1) is 0 Å². The smallest absolute Gasteiger partial charge is 0.263 e. The van der Waals surface area contributed by atoms with Gasteiger partial charge < -0.3 is 14.2 Å². The summed E-state index contributed by atoms with van der Waals surface area (Å²) in [6.45, 7) is 16.2. The van der Waals surface area contributed by atoms with Gasteiger partial charge in [0.05, 0.1) is 28.7 Å². The molecule has 0 spiro atoms. The van der Waals surface area contributed by atoms with Crippen LogP contribution in [0.25, 0.3) is 22.1 Å². The fraction of sp³-hybridized carbons (Fsp3) is 0.600. The van der Waals surface area contributed by atoms with Crippen LogP contribution >= 0.6 is 0 Å². The molecule has 11 heteroatoms. The van der Waals surface area contributed by atoms with Gasteiger partial charge in [-0.2, -0.15) is 0 Å². The van der Waals surface area contributed by atoms with E-state index in [-0.39, 0.29) is 55.7 Å². The summed E-state index contributed by atoms with van der Waals surface area (Å²) in [5, 5.41) is 15.3. The molecule has 0 bridgehead atoms. The summed E-state index contributed by atoms with van der Waals surface area (Å²) in [5.41, 5.74) is 3.83. The van der Waals surface area contributed by atoms with Crippen molar-refractivity contribution < 1.29 is 23.5 Å². The molecule has 2 heterocycles. The second-order valence-corrected chi connectivity index (χ2v) is 15.4. The van der Waals surface area contributed by atoms with Crippen LogP contribution in [-0.4, -0.2) is 36.0 Å². The number of benzene rings is 2. The molecule has 2 saturated carbocycles. The maximum Gasteiger partial charge on any atom is 0.263 e. The standard InChI is InChI=1S/C18H23F2N3O.C18H25N3O2.C2H6.2CH4/c1-18(2,3)10-15(24)22-17-21-13-8-7-11(16(19)20)9-14(13)23(17)12-5-4-6-12;1-18(2,3)10-16(23)20-17-19-14-8-7-12(11-22)9-15(14)21(17)13-5-4-6-13;1-2;;/h7-9,12,16H,4-6,10H2,1-3H3,(H,21,22,24);7-9,13,22H,4-6,10-11H2,1-3H3,(H,19,20,23);1-2H3;2*1H4. The highest BCUT2D eigenvalue weighted by atomic mass is 19.3. The van der Waals surface area contributed by atoms with E-state index < -0.39 is 6.43 Å². The van der Waals surface area contributed by atoms with Crippen LogP contribution in [0.3, 0.4) is 0 Å². The fourth-order valence-electron chi connectivity index (χ4n) is 5.99. The highest BCUT2D eigenvalue weighted by molar-refractivity contribution is 5.93. The van der Waals surface area contributed by atoms with Crippen LogP contribution in [0.1, 0.15) is 151 Å². The number of aliphatic hydroxyl groups excluding tert-OH is 1. The van der Waals surface area contributed by atoms with Crippen LogP contribution in [-0.2, 0) is 16.2 Å². The van der Waals surface area contributed by atoms with E-state index in [9.17, 15) is 23.5 Å². The number of fused-ring (bicyclic) bond motifs is 2. The molecule has 2 amide bonds. The van der Waals surface area contributed by atoms with E-state index in [0.29, 0.717) is 41.8 Å². The Hall–Kier alpha value is -3.86. The lowest BCUT2D eigenvalue weighted by Crippen LogP contribution is -2.24. The summed E-state index contributed by atoms with van der Waals surface area (Å²) in [5.74, 6) is 0.993. The highest BCUT2D eigenvalue weighted by Crippen LogP contribution is 2.39. The van der Waals surface area contributed by atoms with Gasteiger partial charge in [0.15, 0.2) is 0 Å². The van der Waals surface area contributed by atoms with Crippen molar-refractivity contribution in [2.45, 2.75) is 147 Å². The minimum absolute atomic E-state index is 0. The summed E-state index contributed by atoms with van der Waals surface area (Å²) in [7, 11) is 0. The first kappa shape index (κ1) is 43.3. The third-order valence-electron chi connectivity index (χ3n) is 8.67. The second kappa shape index (κ2) is 18.1. The molecule has 9 nitrogen and oxygen atoms in total. The number of nitrogens with one attached hydrogen (secondary N) is 2. The molecule has 2 fully saturated rings. The predicted octanol–water partition coefficient (Wildman–Crippen LogP) is 11.0. The molecule has 51 heavy (non-hydrogen) atoms. The van der Waals surface area contributed by atoms with Gasteiger partial charge in [0, 0.05) is 30.5 Å². The van der Waals surface area contributed by atoms with Crippen molar-refractivity contribution in [1.29, 1.82) is 0 Å². The number of nitrogens with zero attached hydrogens (tertiary/aromatic N) is 4. The highest BCUT2D eigenvalue weighted by Gasteiger charge is 2.28. The summed E-state index contributed by atoms with van der Waals surface area (Å²) < 4.78 is 30.1. The zero-order chi connectivity index (χ0) is 36.1. The fourth-order valence-corrected chi connectivity index (χ4v) is 5.99. The zero-order valence-electron chi connectivity index (χ0n) is 30.4. The number of carbonyl (C=O) groups excluding carboxylic acids is 2. The van der Waals surface area contributed by atoms with Crippen molar-refractivity contribution in [2.24, 2.45) is 10.8 Å². The number of hydrogen-bond donors (Lipinski definition) is 3. The molecule has 0 aliphatic heterocycles. The summed E-state index contributed by atoms with van der Waals surface area (Å²) >= 11 is 0. The molecule has 284 valence electrons. The van der Waals surface area contributed by atoms with Gasteiger partial charge in [-0.25, -0.2) is 18.7 Å². The Morgan fingerprint density at radius 2 is 1.18 bits per heavy atom. The van der Waals surface area contributed by atoms with Gasteiger partial charge in [-0.1, -0.05) is 82.4 Å². The molecule has 3 N–H and O–H groups in total. The lowest BCUT2D eigenvalue weighted by Gasteiger charge is -2.29. The maximum absolute atomic E-state index is 13.0. The second-order valence-electron chi connectivity index (χ2n) is 15.4. The topological polar surface area (TPSA) is 114 Å². The Bertz CT molecular complexity index is 1740. The van der Waals surface area contributed by atoms with Crippen molar-refractivity contribution in [3.8, 4) is 0 Å². The first-order valence-electron chi connectivity index (χ1n) is 17.6. The summed E-state index contributed by atoms with van der Waals surface area (Å²) in [6, 6.07) is 10.9. The van der Waals surface area contributed by atoms with Crippen molar-refractivity contribution in [2.75, 3.05) is 10.6 Å². The van der Waals surface area contributed by atoms with Gasteiger partial charge in [0.1, 0.15) is 0 Å². The van der Waals surface area contributed by atoms with Crippen molar-refractivity contribution in [3.05, 3.63) is 47.5 Å². The number of alkyl halides is 2. The molecule has 2 aromatic carbocycles. The van der Waals surface area contributed by atoms with Gasteiger partial charge >= 0.3 is 0 Å². The molecule has 2 aliphatic carbocycles. The number of aliphatic hydroxyl groups is 1. The molecule has 2 aliphatic rings. The van der Waals surface area contributed by atoms with Gasteiger partial charge in [0.2, 0.25) is 23.7 Å². The largest absolute Gasteiger partial charge is 0.392 e. The minimum atomic E-state index is -2.52. The van der Waals surface area contributed by atoms with Crippen LogP contribution in [0, 0.1) is 10.8 Å². The average Bonchev–Trinajstić information content (AvgIpc) is 3.47. The Labute approximate surface area is 303 Å². The number of halogens is 2. The Morgan fingerprint density at radius 3 is 1.53 bits per heavy atom. The molecule has 0 saturated heterocycles. The average molecular weight is 713 g/mol. The van der Waals surface area contributed by atoms with E-state index in [1.807, 2.05) is 57.4 Å². The molecule has 6 rings (SSSR count). The lowest BCUT2D eigenvalue weighted by molar-refractivity contribution is -0.118. The van der Waals surface area contributed by atoms with E-state index in [0.717, 1.165) is 48.7 Å². The molecule has 0 atom stereocenters. The van der Waals surface area contributed by atoms with Crippen LogP contribution in [0.5, 0.6) is 0 Å². The van der Waals surface area contributed by atoms with Crippen molar-refractivity contribution in [1.82, 2.24) is 19.1 Å². The number of rotatable bonds is 8. The summed E-state index contributed by atoms with van der Waals surface area (Å²) in [6.07, 6.45) is 4.81. The Kier molecular flexibility index (Phi) is 15.3. The van der Waals surface area contributed by atoms with E-state index >= 15 is 0 Å². The number of anilines is 2. The van der Waals surface area contributed by atoms with E-state index in [1.54, 1.807) is 6.07 Å². The van der Waals surface area contributed by atoms with Crippen LogP contribution in [0.2, 0.25) is 0 Å². The molecular weight excluding hydrogens is 650 g/mol. The Morgan fingerprint density at radius 1 is 0.765 bits per heavy atom. The molecule has 0 unspecified atom stereocenters. The number of imidazole rings is 2. The monoisotopic (exact) mass is 712 g/mol. The lowest BCUT2D eigenvalue weighted by atomic mass is 9.92. The van der Waals surface area contributed by atoms with Crippen LogP contribution in [0.4, 0.5) is 20.7 Å². The molecule has 4 aromatic rings. The van der Waals surface area contributed by atoms with Gasteiger partial charge in [-0.3, -0.25) is 20.2 Å². The number of amides is 2. The third kappa shape index (κ3) is 11.1. The van der Waals surface area contributed by atoms with Crippen LogP contribution in [0.15, 0.2) is 36.4 Å². The SMILES string of the molecule is C.C.CC.CC(C)(C)CC(=O)Nc1nc2ccc(C(F)F)cc2n1C1CCC1.CC(C)(C)CC(=O)Nc1nc2ccc(CO)cc2n1C1CCC1. The number of hydrogen-bond acceptors (Lipinski definition) is 5. The quantitative estimate of drug-likeness (QED) is 0.168. The van der Waals surface area contributed by atoms with E-state index in [1.165, 1.54) is 18.6 Å². The number of aromatic nitrogens is 4. The zero-order valence-corrected chi connectivity index (χ0v) is 30.4. The van der Waals surface area contributed by atoms with E-state index in [4.69, 9.17) is 0 Å². The van der Waals surface area contributed by atoms with E-state index in [2.05, 4.69) is 45.9 Å². The number of carbonyl (C=O) groups is 2. The maximum atomic E-state index is 13.0. The van der Waals surface area contributed by atoms with Gasteiger partial charge in [0.25, 0.3) is 6.43 Å². The predicted molar refractivity (Wildman–Crippen MR) is 206 cm³/mol. The molecular formula is C40H62F2N6O3. The minimum Gasteiger partial charge on any atom is -0.392 e. The first-order chi connectivity index (χ1) is 23.1. The first-order valence-corrected chi connectivity index (χ1v) is 17.6. The molecule has 2 aromatic heterocycles. The summed E-state index contributed by atoms with van der Waals surface area (Å²) in [4.78, 5) is 33.7.